The van der Waals surface area contributed by atoms with Gasteiger partial charge in [-0.3, -0.25) is 9.36 Å². The van der Waals surface area contributed by atoms with E-state index in [4.69, 9.17) is 0 Å². The number of nitrogens with zero attached hydrogens (tertiary/aromatic N) is 6. The van der Waals surface area contributed by atoms with Crippen LogP contribution in [0.4, 0.5) is 0 Å². The lowest BCUT2D eigenvalue weighted by atomic mass is 9.96. The zero-order valence-electron chi connectivity index (χ0n) is 15.4. The van der Waals surface area contributed by atoms with Gasteiger partial charge in [-0.15, -0.1) is 0 Å². The molecular weight excluding hydrogens is 332 g/mol. The highest BCUT2D eigenvalue weighted by atomic mass is 16.2. The molecule has 0 N–H and O–H groups in total. The third-order valence-corrected chi connectivity index (χ3v) is 4.84. The highest BCUT2D eigenvalue weighted by molar-refractivity contribution is 5.76. The van der Waals surface area contributed by atoms with Crippen LogP contribution in [0.25, 0.3) is 0 Å². The standard InChI is InChI=1S/C18H26N6O2/c1-21(2)12-13-23-11-7-19-17(23)15-4-9-22(10-5-15)16(25)14-24-8-3-6-20-18(24)26/h3,6-8,11,15H,4-5,9-10,12-14H2,1-2H3. The van der Waals surface area contributed by atoms with Gasteiger partial charge < -0.3 is 14.4 Å². The maximum atomic E-state index is 12.5. The number of likely N-dealkylation sites (N-methyl/N-ethyl adjacent to an activating group) is 1. The van der Waals surface area contributed by atoms with Gasteiger partial charge in [-0.05, 0) is 33.0 Å². The molecule has 3 heterocycles. The van der Waals surface area contributed by atoms with Crippen LogP contribution in [0.1, 0.15) is 24.6 Å². The molecule has 0 aliphatic carbocycles. The number of imidazole rings is 1. The van der Waals surface area contributed by atoms with Crippen LogP contribution in [0.15, 0.2) is 35.6 Å². The summed E-state index contributed by atoms with van der Waals surface area (Å²) in [6.07, 6.45) is 8.72. The van der Waals surface area contributed by atoms with Crippen LogP contribution in [0.2, 0.25) is 0 Å². The first-order valence-corrected chi connectivity index (χ1v) is 8.99. The Labute approximate surface area is 153 Å². The fourth-order valence-corrected chi connectivity index (χ4v) is 3.32. The molecule has 0 aromatic carbocycles. The summed E-state index contributed by atoms with van der Waals surface area (Å²) in [6, 6.07) is 1.66. The summed E-state index contributed by atoms with van der Waals surface area (Å²) in [7, 11) is 4.13. The van der Waals surface area contributed by atoms with E-state index in [0.29, 0.717) is 19.0 Å². The fraction of sp³-hybridized carbons (Fsp3) is 0.556. The van der Waals surface area contributed by atoms with Crippen molar-refractivity contribution in [2.75, 3.05) is 33.7 Å². The molecular formula is C18H26N6O2. The topological polar surface area (TPSA) is 76.3 Å². The van der Waals surface area contributed by atoms with Crippen molar-refractivity contribution in [2.24, 2.45) is 0 Å². The summed E-state index contributed by atoms with van der Waals surface area (Å²) in [5.41, 5.74) is -0.390. The van der Waals surface area contributed by atoms with Gasteiger partial charge in [0.2, 0.25) is 5.91 Å². The van der Waals surface area contributed by atoms with Crippen molar-refractivity contribution >= 4 is 5.91 Å². The van der Waals surface area contributed by atoms with Crippen LogP contribution < -0.4 is 5.69 Å². The van der Waals surface area contributed by atoms with E-state index in [1.807, 2.05) is 17.3 Å². The second-order valence-electron chi connectivity index (χ2n) is 6.97. The summed E-state index contributed by atoms with van der Waals surface area (Å²) in [4.78, 5) is 36.4. The normalized spacial score (nSPS) is 15.6. The quantitative estimate of drug-likeness (QED) is 0.747. The number of piperidine rings is 1. The van der Waals surface area contributed by atoms with Gasteiger partial charge in [0.05, 0.1) is 0 Å². The van der Waals surface area contributed by atoms with Gasteiger partial charge >= 0.3 is 5.69 Å². The van der Waals surface area contributed by atoms with Crippen molar-refractivity contribution in [3.63, 3.8) is 0 Å². The predicted octanol–water partition coefficient (Wildman–Crippen LogP) is 0.408. The molecule has 26 heavy (non-hydrogen) atoms. The van der Waals surface area contributed by atoms with Crippen LogP contribution in [0, 0.1) is 0 Å². The number of likely N-dealkylation sites (tertiary alicyclic amines) is 1. The van der Waals surface area contributed by atoms with Crippen LogP contribution in [-0.2, 0) is 17.9 Å². The number of amides is 1. The van der Waals surface area contributed by atoms with Gasteiger partial charge in [-0.2, -0.15) is 0 Å². The molecule has 140 valence electrons. The maximum absolute atomic E-state index is 12.5. The fourth-order valence-electron chi connectivity index (χ4n) is 3.32. The number of carbonyl (C=O) groups excluding carboxylic acids is 1. The Morgan fingerprint density at radius 1 is 1.15 bits per heavy atom. The molecule has 0 unspecified atom stereocenters. The molecule has 1 fully saturated rings. The van der Waals surface area contributed by atoms with Crippen molar-refractivity contribution in [3.05, 3.63) is 47.2 Å². The van der Waals surface area contributed by atoms with Gasteiger partial charge in [0.15, 0.2) is 0 Å². The summed E-state index contributed by atoms with van der Waals surface area (Å²) in [5, 5.41) is 0. The van der Waals surface area contributed by atoms with Crippen LogP contribution in [0.3, 0.4) is 0 Å². The Hall–Kier alpha value is -2.48. The molecule has 2 aromatic heterocycles. The van der Waals surface area contributed by atoms with E-state index in [-0.39, 0.29) is 12.5 Å². The Balaban J connectivity index is 1.56. The average molecular weight is 358 g/mol. The monoisotopic (exact) mass is 358 g/mol. The van der Waals surface area contributed by atoms with E-state index in [1.54, 1.807) is 12.3 Å². The highest BCUT2D eigenvalue weighted by Crippen LogP contribution is 2.27. The Kier molecular flexibility index (Phi) is 5.82. The van der Waals surface area contributed by atoms with E-state index < -0.39 is 5.69 Å². The van der Waals surface area contributed by atoms with Gasteiger partial charge in [-0.25, -0.2) is 14.8 Å². The van der Waals surface area contributed by atoms with Crippen molar-refractivity contribution in [1.82, 2.24) is 28.9 Å². The van der Waals surface area contributed by atoms with Crippen LogP contribution in [-0.4, -0.2) is 68.5 Å². The van der Waals surface area contributed by atoms with Crippen LogP contribution >= 0.6 is 0 Å². The Bertz CT molecular complexity index is 789. The molecule has 1 saturated heterocycles. The smallest absolute Gasteiger partial charge is 0.341 e. The summed E-state index contributed by atoms with van der Waals surface area (Å²) in [5.74, 6) is 1.45. The SMILES string of the molecule is CN(C)CCn1ccnc1C1CCN(C(=O)Cn2cccnc2=O)CC1. The van der Waals surface area contributed by atoms with E-state index >= 15 is 0 Å². The molecule has 0 bridgehead atoms. The minimum absolute atomic E-state index is 0.0329. The first-order chi connectivity index (χ1) is 12.5. The lowest BCUT2D eigenvalue weighted by molar-refractivity contribution is -0.133. The van der Waals surface area contributed by atoms with Crippen molar-refractivity contribution in [2.45, 2.75) is 31.8 Å². The van der Waals surface area contributed by atoms with Crippen molar-refractivity contribution < 1.29 is 4.79 Å². The first kappa shape index (κ1) is 18.3. The number of hydrogen-bond acceptors (Lipinski definition) is 5. The number of hydrogen-bond donors (Lipinski definition) is 0. The lowest BCUT2D eigenvalue weighted by Gasteiger charge is -2.32. The zero-order valence-corrected chi connectivity index (χ0v) is 15.4. The second-order valence-corrected chi connectivity index (χ2v) is 6.97. The third kappa shape index (κ3) is 4.37. The predicted molar refractivity (Wildman–Crippen MR) is 97.8 cm³/mol. The zero-order chi connectivity index (χ0) is 18.5. The van der Waals surface area contributed by atoms with Gasteiger partial charge in [-0.1, -0.05) is 0 Å². The number of rotatable bonds is 6. The molecule has 0 spiro atoms. The van der Waals surface area contributed by atoms with E-state index in [2.05, 4.69) is 33.5 Å². The largest absolute Gasteiger partial charge is 0.347 e. The van der Waals surface area contributed by atoms with Gasteiger partial charge in [0, 0.05) is 56.9 Å². The Morgan fingerprint density at radius 3 is 2.62 bits per heavy atom. The molecule has 0 atom stereocenters. The van der Waals surface area contributed by atoms with Crippen molar-refractivity contribution in [3.8, 4) is 0 Å². The summed E-state index contributed by atoms with van der Waals surface area (Å²) in [6.45, 7) is 3.33. The number of carbonyl (C=O) groups is 1. The summed E-state index contributed by atoms with van der Waals surface area (Å²) >= 11 is 0. The van der Waals surface area contributed by atoms with Crippen molar-refractivity contribution in [1.29, 1.82) is 0 Å². The number of aromatic nitrogens is 4. The first-order valence-electron chi connectivity index (χ1n) is 8.99. The average Bonchev–Trinajstić information content (AvgIpc) is 3.10. The minimum Gasteiger partial charge on any atom is -0.341 e. The van der Waals surface area contributed by atoms with Gasteiger partial charge in [0.1, 0.15) is 12.4 Å². The van der Waals surface area contributed by atoms with E-state index in [1.165, 1.54) is 10.8 Å². The Morgan fingerprint density at radius 2 is 1.92 bits per heavy atom. The molecule has 1 aliphatic rings. The van der Waals surface area contributed by atoms with E-state index in [0.717, 1.165) is 31.8 Å². The second kappa shape index (κ2) is 8.27. The van der Waals surface area contributed by atoms with Gasteiger partial charge in [0.25, 0.3) is 0 Å². The van der Waals surface area contributed by atoms with E-state index in [9.17, 15) is 9.59 Å². The van der Waals surface area contributed by atoms with Crippen LogP contribution in [0.5, 0.6) is 0 Å². The maximum Gasteiger partial charge on any atom is 0.347 e. The molecule has 3 rings (SSSR count). The molecule has 1 amide bonds. The molecule has 2 aromatic rings. The minimum atomic E-state index is -0.390. The summed E-state index contributed by atoms with van der Waals surface area (Å²) < 4.78 is 3.57. The molecule has 1 aliphatic heterocycles. The third-order valence-electron chi connectivity index (χ3n) is 4.84. The molecule has 0 radical (unpaired) electrons. The lowest BCUT2D eigenvalue weighted by Crippen LogP contribution is -2.41. The molecule has 0 saturated carbocycles. The molecule has 8 heteroatoms. The highest BCUT2D eigenvalue weighted by Gasteiger charge is 2.26. The molecule has 8 nitrogen and oxygen atoms in total.